The van der Waals surface area contributed by atoms with Gasteiger partial charge in [-0.25, -0.2) is 4.79 Å². The smallest absolute Gasteiger partial charge is 0.328 e. The van der Waals surface area contributed by atoms with Crippen molar-refractivity contribution in [2.45, 2.75) is 25.8 Å². The van der Waals surface area contributed by atoms with E-state index in [0.29, 0.717) is 30.3 Å². The molecule has 0 aromatic heterocycles. The predicted octanol–water partition coefficient (Wildman–Crippen LogP) is 2.27. The Morgan fingerprint density at radius 1 is 1.33 bits per heavy atom. The second-order valence-electron chi connectivity index (χ2n) is 4.74. The van der Waals surface area contributed by atoms with E-state index in [9.17, 15) is 9.59 Å². The Kier molecular flexibility index (Phi) is 5.44. The van der Waals surface area contributed by atoms with E-state index in [-0.39, 0.29) is 18.5 Å². The van der Waals surface area contributed by atoms with Crippen molar-refractivity contribution in [1.82, 2.24) is 4.90 Å². The molecule has 1 amide bonds. The maximum absolute atomic E-state index is 12.2. The van der Waals surface area contributed by atoms with Gasteiger partial charge >= 0.3 is 5.97 Å². The summed E-state index contributed by atoms with van der Waals surface area (Å²) in [7, 11) is 0. The number of likely N-dealkylation sites (tertiary alicyclic amines) is 1. The molecule has 1 unspecified atom stereocenters. The number of hydrogen-bond donors (Lipinski definition) is 0. The largest absolute Gasteiger partial charge is 0.484 e. The monoisotopic (exact) mass is 311 g/mol. The van der Waals surface area contributed by atoms with Gasteiger partial charge in [-0.1, -0.05) is 11.6 Å². The van der Waals surface area contributed by atoms with E-state index >= 15 is 0 Å². The molecule has 0 spiro atoms. The maximum atomic E-state index is 12.2. The van der Waals surface area contributed by atoms with E-state index in [1.165, 1.54) is 4.90 Å². The van der Waals surface area contributed by atoms with E-state index in [2.05, 4.69) is 0 Å². The number of carbonyl (C=O) groups excluding carboxylic acids is 2. The summed E-state index contributed by atoms with van der Waals surface area (Å²) in [5.74, 6) is 0.0231. The average Bonchev–Trinajstić information content (AvgIpc) is 2.96. The highest BCUT2D eigenvalue weighted by Gasteiger charge is 2.35. The molecule has 1 aromatic carbocycles. The van der Waals surface area contributed by atoms with Gasteiger partial charge in [-0.3, -0.25) is 4.79 Å². The highest BCUT2D eigenvalue weighted by molar-refractivity contribution is 6.30. The van der Waals surface area contributed by atoms with Gasteiger partial charge in [-0.05, 0) is 44.0 Å². The zero-order chi connectivity index (χ0) is 15.2. The lowest BCUT2D eigenvalue weighted by Crippen LogP contribution is -2.43. The minimum atomic E-state index is -0.480. The fourth-order valence-electron chi connectivity index (χ4n) is 2.31. The van der Waals surface area contributed by atoms with Gasteiger partial charge in [-0.15, -0.1) is 0 Å². The zero-order valence-corrected chi connectivity index (χ0v) is 12.6. The first-order chi connectivity index (χ1) is 10.1. The van der Waals surface area contributed by atoms with Gasteiger partial charge in [0, 0.05) is 11.6 Å². The van der Waals surface area contributed by atoms with Crippen LogP contribution in [-0.2, 0) is 14.3 Å². The van der Waals surface area contributed by atoms with Gasteiger partial charge in [0.1, 0.15) is 11.8 Å². The summed E-state index contributed by atoms with van der Waals surface area (Å²) < 4.78 is 10.4. The topological polar surface area (TPSA) is 55.8 Å². The van der Waals surface area contributed by atoms with E-state index in [0.717, 1.165) is 6.42 Å². The number of nitrogens with zero attached hydrogens (tertiary/aromatic N) is 1. The van der Waals surface area contributed by atoms with Gasteiger partial charge in [-0.2, -0.15) is 0 Å². The number of carbonyl (C=O) groups is 2. The molecule has 1 aliphatic heterocycles. The second kappa shape index (κ2) is 7.31. The lowest BCUT2D eigenvalue weighted by molar-refractivity contribution is -0.153. The van der Waals surface area contributed by atoms with Gasteiger partial charge in [0.2, 0.25) is 0 Å². The van der Waals surface area contributed by atoms with Crippen molar-refractivity contribution in [3.05, 3.63) is 29.3 Å². The average molecular weight is 312 g/mol. The third-order valence-electron chi connectivity index (χ3n) is 3.31. The molecule has 21 heavy (non-hydrogen) atoms. The molecule has 6 heteroatoms. The van der Waals surface area contributed by atoms with E-state index in [1.807, 2.05) is 0 Å². The molecule has 0 saturated carbocycles. The molecule has 1 aromatic rings. The lowest BCUT2D eigenvalue weighted by Gasteiger charge is -2.23. The first-order valence-corrected chi connectivity index (χ1v) is 7.34. The van der Waals surface area contributed by atoms with Crippen LogP contribution in [0.25, 0.3) is 0 Å². The number of amides is 1. The van der Waals surface area contributed by atoms with E-state index in [4.69, 9.17) is 21.1 Å². The predicted molar refractivity (Wildman–Crippen MR) is 78.3 cm³/mol. The fourth-order valence-corrected chi connectivity index (χ4v) is 2.43. The number of rotatable bonds is 5. The number of halogens is 1. The molecule has 2 rings (SSSR count). The Morgan fingerprint density at radius 3 is 2.71 bits per heavy atom. The van der Waals surface area contributed by atoms with Crippen molar-refractivity contribution in [3.63, 3.8) is 0 Å². The fraction of sp³-hybridized carbons (Fsp3) is 0.467. The molecule has 1 fully saturated rings. The van der Waals surface area contributed by atoms with Crippen molar-refractivity contribution in [2.75, 3.05) is 19.8 Å². The van der Waals surface area contributed by atoms with Crippen LogP contribution in [0.15, 0.2) is 24.3 Å². The molecule has 1 heterocycles. The van der Waals surface area contributed by atoms with Crippen LogP contribution >= 0.6 is 11.6 Å². The summed E-state index contributed by atoms with van der Waals surface area (Å²) in [5, 5.41) is 0.607. The number of hydrogen-bond acceptors (Lipinski definition) is 4. The molecule has 1 atom stereocenters. The Labute approximate surface area is 128 Å². The summed E-state index contributed by atoms with van der Waals surface area (Å²) in [4.78, 5) is 25.5. The molecule has 0 aliphatic carbocycles. The molecular weight excluding hydrogens is 294 g/mol. The standard InChI is InChI=1S/C15H18ClNO4/c1-2-20-15(19)13-4-3-9-17(13)14(18)10-21-12-7-5-11(16)6-8-12/h5-8,13H,2-4,9-10H2,1H3. The first kappa shape index (κ1) is 15.6. The van der Waals surface area contributed by atoms with Crippen molar-refractivity contribution in [2.24, 2.45) is 0 Å². The molecule has 114 valence electrons. The van der Waals surface area contributed by atoms with E-state index in [1.54, 1.807) is 31.2 Å². The Balaban J connectivity index is 1.90. The van der Waals surface area contributed by atoms with Crippen LogP contribution in [-0.4, -0.2) is 42.6 Å². The third kappa shape index (κ3) is 4.11. The van der Waals surface area contributed by atoms with Crippen LogP contribution in [0, 0.1) is 0 Å². The zero-order valence-electron chi connectivity index (χ0n) is 11.9. The summed E-state index contributed by atoms with van der Waals surface area (Å²) in [6.45, 7) is 2.53. The SMILES string of the molecule is CCOC(=O)C1CCCN1C(=O)COc1ccc(Cl)cc1. The number of esters is 1. The maximum Gasteiger partial charge on any atom is 0.328 e. The Bertz CT molecular complexity index is 503. The molecule has 0 radical (unpaired) electrons. The van der Waals surface area contributed by atoms with Crippen molar-refractivity contribution in [1.29, 1.82) is 0 Å². The Hall–Kier alpha value is -1.75. The minimum Gasteiger partial charge on any atom is -0.484 e. The van der Waals surface area contributed by atoms with Crippen LogP contribution in [0.3, 0.4) is 0 Å². The highest BCUT2D eigenvalue weighted by Crippen LogP contribution is 2.20. The summed E-state index contributed by atoms with van der Waals surface area (Å²) in [6.07, 6.45) is 1.45. The van der Waals surface area contributed by atoms with Crippen LogP contribution in [0.1, 0.15) is 19.8 Å². The summed E-state index contributed by atoms with van der Waals surface area (Å²) in [5.41, 5.74) is 0. The second-order valence-corrected chi connectivity index (χ2v) is 5.18. The minimum absolute atomic E-state index is 0.0997. The number of ether oxygens (including phenoxy) is 2. The third-order valence-corrected chi connectivity index (χ3v) is 3.56. The quantitative estimate of drug-likeness (QED) is 0.783. The van der Waals surface area contributed by atoms with Gasteiger partial charge in [0.05, 0.1) is 6.61 Å². The summed E-state index contributed by atoms with van der Waals surface area (Å²) in [6, 6.07) is 6.30. The number of benzene rings is 1. The molecular formula is C15H18ClNO4. The van der Waals surface area contributed by atoms with E-state index < -0.39 is 6.04 Å². The first-order valence-electron chi connectivity index (χ1n) is 6.96. The van der Waals surface area contributed by atoms with Crippen molar-refractivity contribution >= 4 is 23.5 Å². The van der Waals surface area contributed by atoms with Crippen LogP contribution in [0.4, 0.5) is 0 Å². The van der Waals surface area contributed by atoms with Gasteiger partial charge < -0.3 is 14.4 Å². The van der Waals surface area contributed by atoms with Gasteiger partial charge in [0.15, 0.2) is 6.61 Å². The van der Waals surface area contributed by atoms with Crippen molar-refractivity contribution in [3.8, 4) is 5.75 Å². The normalized spacial score (nSPS) is 17.6. The lowest BCUT2D eigenvalue weighted by atomic mass is 10.2. The van der Waals surface area contributed by atoms with Crippen LogP contribution in [0.2, 0.25) is 5.02 Å². The molecule has 1 aliphatic rings. The molecule has 5 nitrogen and oxygen atoms in total. The Morgan fingerprint density at radius 2 is 2.05 bits per heavy atom. The molecule has 0 N–H and O–H groups in total. The molecule has 1 saturated heterocycles. The van der Waals surface area contributed by atoms with Crippen LogP contribution < -0.4 is 4.74 Å². The highest BCUT2D eigenvalue weighted by atomic mass is 35.5. The van der Waals surface area contributed by atoms with Crippen LogP contribution in [0.5, 0.6) is 5.75 Å². The van der Waals surface area contributed by atoms with Gasteiger partial charge in [0.25, 0.3) is 5.91 Å². The summed E-state index contributed by atoms with van der Waals surface area (Å²) >= 11 is 5.78. The molecule has 0 bridgehead atoms. The van der Waals surface area contributed by atoms with Crippen molar-refractivity contribution < 1.29 is 19.1 Å².